The number of aromatic hydroxyl groups is 1. The number of phenolic OH excluding ortho intramolecular Hbond substituents is 1. The number of phenols is 1. The summed E-state index contributed by atoms with van der Waals surface area (Å²) in [5.41, 5.74) is 0.909. The van der Waals surface area contributed by atoms with E-state index in [1.807, 2.05) is 0 Å². The lowest BCUT2D eigenvalue weighted by atomic mass is 10.1. The number of rotatable bonds is 6. The van der Waals surface area contributed by atoms with Crippen molar-refractivity contribution in [3.63, 3.8) is 0 Å². The van der Waals surface area contributed by atoms with E-state index in [4.69, 9.17) is 25.8 Å². The van der Waals surface area contributed by atoms with Crippen LogP contribution in [0.15, 0.2) is 24.3 Å². The second-order valence-electron chi connectivity index (χ2n) is 5.57. The molecule has 9 heteroatoms. The average Bonchev–Trinajstić information content (AvgIpc) is 2.63. The van der Waals surface area contributed by atoms with E-state index < -0.39 is 12.1 Å². The van der Waals surface area contributed by atoms with Gasteiger partial charge in [0.15, 0.2) is 11.5 Å². The SMILES string of the molecule is COc1cc(NC(=O)Nc2cc(Cl)c(O)c(C(C)O)c2)cc(OC)c1OC. The topological polar surface area (TPSA) is 109 Å². The Morgan fingerprint density at radius 3 is 1.96 bits per heavy atom. The van der Waals surface area contributed by atoms with Crippen LogP contribution in [0.5, 0.6) is 23.0 Å². The van der Waals surface area contributed by atoms with Crippen LogP contribution in [0.3, 0.4) is 0 Å². The predicted octanol–water partition coefficient (Wildman–Crippen LogP) is 3.77. The van der Waals surface area contributed by atoms with Crippen LogP contribution in [0.4, 0.5) is 16.2 Å². The first kappa shape index (κ1) is 20.5. The standard InChI is InChI=1S/C18H21ClN2O6/c1-9(22)12-5-10(6-13(19)16(12)23)20-18(24)21-11-7-14(25-2)17(27-4)15(8-11)26-3/h5-9,22-23H,1-4H3,(H2,20,21,24). The fraction of sp³-hybridized carbons (Fsp3) is 0.278. The van der Waals surface area contributed by atoms with Gasteiger partial charge in [-0.15, -0.1) is 0 Å². The molecule has 0 aliphatic carbocycles. The van der Waals surface area contributed by atoms with E-state index >= 15 is 0 Å². The predicted molar refractivity (Wildman–Crippen MR) is 102 cm³/mol. The lowest BCUT2D eigenvalue weighted by Crippen LogP contribution is -2.19. The van der Waals surface area contributed by atoms with E-state index in [1.165, 1.54) is 40.4 Å². The minimum absolute atomic E-state index is 0.0106. The maximum atomic E-state index is 12.3. The summed E-state index contributed by atoms with van der Waals surface area (Å²) in [5, 5.41) is 24.8. The molecule has 0 spiro atoms. The number of carbonyl (C=O) groups excluding carboxylic acids is 1. The highest BCUT2D eigenvalue weighted by molar-refractivity contribution is 6.32. The van der Waals surface area contributed by atoms with Gasteiger partial charge in [-0.05, 0) is 19.1 Å². The highest BCUT2D eigenvalue weighted by Crippen LogP contribution is 2.40. The van der Waals surface area contributed by atoms with E-state index in [0.717, 1.165) is 0 Å². The number of aliphatic hydroxyl groups excluding tert-OH is 1. The summed E-state index contributed by atoms with van der Waals surface area (Å²) in [6, 6.07) is 5.39. The molecule has 0 aliphatic heterocycles. The number of benzene rings is 2. The zero-order chi connectivity index (χ0) is 20.1. The first-order valence-electron chi connectivity index (χ1n) is 7.89. The highest BCUT2D eigenvalue weighted by Gasteiger charge is 2.16. The van der Waals surface area contributed by atoms with Gasteiger partial charge in [0.2, 0.25) is 5.75 Å². The van der Waals surface area contributed by atoms with Crippen molar-refractivity contribution in [2.24, 2.45) is 0 Å². The molecule has 0 saturated carbocycles. The molecular formula is C18H21ClN2O6. The molecule has 2 amide bonds. The van der Waals surface area contributed by atoms with Gasteiger partial charge in [0.05, 0.1) is 38.1 Å². The number of anilines is 2. The molecule has 0 aliphatic rings. The van der Waals surface area contributed by atoms with Crippen LogP contribution in [-0.4, -0.2) is 37.6 Å². The summed E-state index contributed by atoms with van der Waals surface area (Å²) in [7, 11) is 4.42. The van der Waals surface area contributed by atoms with Gasteiger partial charge >= 0.3 is 6.03 Å². The number of amides is 2. The van der Waals surface area contributed by atoms with Crippen LogP contribution < -0.4 is 24.8 Å². The molecule has 0 fully saturated rings. The summed E-state index contributed by atoms with van der Waals surface area (Å²) in [5.74, 6) is 0.938. The van der Waals surface area contributed by atoms with Crippen molar-refractivity contribution in [2.75, 3.05) is 32.0 Å². The van der Waals surface area contributed by atoms with Gasteiger partial charge in [-0.25, -0.2) is 4.79 Å². The van der Waals surface area contributed by atoms with Gasteiger partial charge < -0.3 is 35.1 Å². The van der Waals surface area contributed by atoms with Crippen molar-refractivity contribution in [3.8, 4) is 23.0 Å². The monoisotopic (exact) mass is 396 g/mol. The number of urea groups is 1. The minimum Gasteiger partial charge on any atom is -0.506 e. The molecule has 1 atom stereocenters. The third-order valence-electron chi connectivity index (χ3n) is 3.72. The molecule has 2 aromatic rings. The Bertz CT molecular complexity index is 816. The third kappa shape index (κ3) is 4.66. The molecule has 2 rings (SSSR count). The number of hydrogen-bond donors (Lipinski definition) is 4. The molecule has 0 radical (unpaired) electrons. The molecule has 0 heterocycles. The third-order valence-corrected chi connectivity index (χ3v) is 4.01. The van der Waals surface area contributed by atoms with Gasteiger partial charge in [-0.2, -0.15) is 0 Å². The molecule has 8 nitrogen and oxygen atoms in total. The zero-order valence-corrected chi connectivity index (χ0v) is 16.0. The van der Waals surface area contributed by atoms with Crippen molar-refractivity contribution in [1.82, 2.24) is 0 Å². The van der Waals surface area contributed by atoms with Crippen LogP contribution in [0.2, 0.25) is 5.02 Å². The molecule has 4 N–H and O–H groups in total. The quantitative estimate of drug-likeness (QED) is 0.553. The maximum Gasteiger partial charge on any atom is 0.323 e. The van der Waals surface area contributed by atoms with Gasteiger partial charge in [-0.3, -0.25) is 0 Å². The summed E-state index contributed by atoms with van der Waals surface area (Å²) >= 11 is 5.94. The molecule has 2 aromatic carbocycles. The van der Waals surface area contributed by atoms with Gasteiger partial charge in [0.1, 0.15) is 5.75 Å². The Balaban J connectivity index is 2.24. The normalized spacial score (nSPS) is 11.5. The molecule has 27 heavy (non-hydrogen) atoms. The van der Waals surface area contributed by atoms with Crippen LogP contribution in [-0.2, 0) is 0 Å². The van der Waals surface area contributed by atoms with E-state index in [9.17, 15) is 15.0 Å². The van der Waals surface area contributed by atoms with Crippen molar-refractivity contribution in [2.45, 2.75) is 13.0 Å². The van der Waals surface area contributed by atoms with Crippen LogP contribution in [0.25, 0.3) is 0 Å². The summed E-state index contributed by atoms with van der Waals surface area (Å²) in [6.07, 6.45) is -0.956. The lowest BCUT2D eigenvalue weighted by molar-refractivity contribution is 0.195. The fourth-order valence-electron chi connectivity index (χ4n) is 2.46. The number of halogens is 1. The lowest BCUT2D eigenvalue weighted by Gasteiger charge is -2.16. The van der Waals surface area contributed by atoms with Crippen LogP contribution in [0, 0.1) is 0 Å². The minimum atomic E-state index is -0.956. The summed E-state index contributed by atoms with van der Waals surface area (Å²) in [6.45, 7) is 1.48. The first-order chi connectivity index (χ1) is 12.8. The second-order valence-corrected chi connectivity index (χ2v) is 5.97. The first-order valence-corrected chi connectivity index (χ1v) is 8.27. The Labute approximate surface area is 161 Å². The van der Waals surface area contributed by atoms with Crippen LogP contribution >= 0.6 is 11.6 Å². The number of ether oxygens (including phenoxy) is 3. The number of methoxy groups -OCH3 is 3. The molecule has 0 aromatic heterocycles. The molecule has 146 valence electrons. The molecule has 0 bridgehead atoms. The van der Waals surface area contributed by atoms with Gasteiger partial charge in [-0.1, -0.05) is 11.6 Å². The van der Waals surface area contributed by atoms with E-state index in [0.29, 0.717) is 28.6 Å². The van der Waals surface area contributed by atoms with Crippen molar-refractivity contribution in [3.05, 3.63) is 34.9 Å². The Kier molecular flexibility index (Phi) is 6.59. The Morgan fingerprint density at radius 1 is 1.00 bits per heavy atom. The summed E-state index contributed by atoms with van der Waals surface area (Å²) in [4.78, 5) is 12.3. The van der Waals surface area contributed by atoms with Crippen molar-refractivity contribution >= 4 is 29.0 Å². The van der Waals surface area contributed by atoms with Crippen molar-refractivity contribution < 1.29 is 29.2 Å². The van der Waals surface area contributed by atoms with E-state index in [1.54, 1.807) is 12.1 Å². The number of carbonyl (C=O) groups is 1. The summed E-state index contributed by atoms with van der Waals surface area (Å²) < 4.78 is 15.7. The molecular weight excluding hydrogens is 376 g/mol. The molecule has 1 unspecified atom stereocenters. The molecule has 0 saturated heterocycles. The number of hydrogen-bond acceptors (Lipinski definition) is 6. The van der Waals surface area contributed by atoms with E-state index in [-0.39, 0.29) is 16.3 Å². The van der Waals surface area contributed by atoms with Gasteiger partial charge in [0.25, 0.3) is 0 Å². The smallest absolute Gasteiger partial charge is 0.323 e. The zero-order valence-electron chi connectivity index (χ0n) is 15.3. The largest absolute Gasteiger partial charge is 0.506 e. The maximum absolute atomic E-state index is 12.3. The number of nitrogens with one attached hydrogen (secondary N) is 2. The van der Waals surface area contributed by atoms with E-state index in [2.05, 4.69) is 10.6 Å². The fourth-order valence-corrected chi connectivity index (χ4v) is 2.68. The van der Waals surface area contributed by atoms with Crippen molar-refractivity contribution in [1.29, 1.82) is 0 Å². The van der Waals surface area contributed by atoms with Gasteiger partial charge in [0, 0.05) is 23.4 Å². The second kappa shape index (κ2) is 8.70. The Hall–Kier alpha value is -2.84. The number of aliphatic hydroxyl groups is 1. The highest BCUT2D eigenvalue weighted by atomic mass is 35.5. The van der Waals surface area contributed by atoms with Crippen LogP contribution in [0.1, 0.15) is 18.6 Å². The Morgan fingerprint density at radius 2 is 1.52 bits per heavy atom. The average molecular weight is 397 g/mol.